The molecule has 0 aromatic heterocycles. The van der Waals surface area contributed by atoms with Gasteiger partial charge in [-0.2, -0.15) is 0 Å². The molecule has 0 aliphatic heterocycles. The molecule has 0 radical (unpaired) electrons. The summed E-state index contributed by atoms with van der Waals surface area (Å²) >= 11 is 0. The molecule has 0 unspecified atom stereocenters. The summed E-state index contributed by atoms with van der Waals surface area (Å²) in [4.78, 5) is 7.01. The summed E-state index contributed by atoms with van der Waals surface area (Å²) in [6, 6.07) is 120. The van der Waals surface area contributed by atoms with E-state index in [1.165, 1.54) is 44.2 Å². The predicted octanol–water partition coefficient (Wildman–Crippen LogP) is 21.6. The zero-order valence-electron chi connectivity index (χ0n) is 43.6. The molecule has 79 heavy (non-hydrogen) atoms. The molecule has 0 heterocycles. The maximum atomic E-state index is 2.35. The number of benzene rings is 13. The van der Waals surface area contributed by atoms with E-state index in [1.807, 2.05) is 0 Å². The highest BCUT2D eigenvalue weighted by atomic mass is 15.2. The lowest BCUT2D eigenvalue weighted by Crippen LogP contribution is -2.10. The zero-order valence-corrected chi connectivity index (χ0v) is 43.6. The summed E-state index contributed by atoms with van der Waals surface area (Å²) in [5.74, 6) is 0. The van der Waals surface area contributed by atoms with Gasteiger partial charge in [0.15, 0.2) is 0 Å². The third kappa shape index (κ3) is 10.2. The molecule has 0 N–H and O–H groups in total. The minimum Gasteiger partial charge on any atom is -0.311 e. The quantitative estimate of drug-likeness (QED) is 0.107. The average molecular weight is 1010 g/mol. The fraction of sp³-hybridized carbons (Fsp3) is 0. The molecule has 0 saturated heterocycles. The highest BCUT2D eigenvalue weighted by Gasteiger charge is 2.18. The van der Waals surface area contributed by atoms with Crippen LogP contribution < -0.4 is 14.7 Å². The second kappa shape index (κ2) is 22.0. The Morgan fingerprint density at radius 3 is 0.684 bits per heavy atom. The lowest BCUT2D eigenvalue weighted by Gasteiger charge is -2.27. The standard InChI is InChI=1S/C76H55N3/c1-5-16-56(17-6-1)60-32-44-71(45-33-60)78(72-46-34-61(35-47-72)57-18-7-2-8-19-57)73-52-38-63(39-53-73)59-30-28-58(29-31-59)62-36-48-69(49-37-62)77(67-22-9-3-10-23-67)70-50-40-64(41-51-70)65-42-54-74(55-43-65)79(68-24-11-4-12-25-68)76-27-15-21-66-20-13-14-26-75(66)76/h1-55H. The van der Waals surface area contributed by atoms with Crippen LogP contribution in [0, 0.1) is 0 Å². The molecule has 0 bridgehead atoms. The van der Waals surface area contributed by atoms with E-state index in [9.17, 15) is 0 Å². The molecule has 13 aromatic rings. The molecule has 0 amide bonds. The van der Waals surface area contributed by atoms with Gasteiger partial charge in [0.25, 0.3) is 0 Å². The van der Waals surface area contributed by atoms with Gasteiger partial charge in [0.2, 0.25) is 0 Å². The summed E-state index contributed by atoms with van der Waals surface area (Å²) in [6.45, 7) is 0. The van der Waals surface area contributed by atoms with Crippen molar-refractivity contribution in [2.24, 2.45) is 0 Å². The Balaban J connectivity index is 0.733. The largest absolute Gasteiger partial charge is 0.311 e. The van der Waals surface area contributed by atoms with Crippen LogP contribution in [0.15, 0.2) is 334 Å². The van der Waals surface area contributed by atoms with Gasteiger partial charge < -0.3 is 14.7 Å². The molecule has 0 saturated carbocycles. The van der Waals surface area contributed by atoms with Crippen molar-refractivity contribution in [3.63, 3.8) is 0 Å². The molecular weight excluding hydrogens is 955 g/mol. The SMILES string of the molecule is c1ccc(-c2ccc(N(c3ccc(-c4ccccc4)cc3)c3ccc(-c4ccc(-c5ccc(N(c6ccccc6)c6ccc(-c7ccc(N(c8ccccc8)c8cccc9ccccc89)cc7)cc6)cc5)cc4)cc3)cc2)cc1. The fourth-order valence-corrected chi connectivity index (χ4v) is 10.8. The predicted molar refractivity (Wildman–Crippen MR) is 335 cm³/mol. The van der Waals surface area contributed by atoms with E-state index in [4.69, 9.17) is 0 Å². The number of hydrogen-bond donors (Lipinski definition) is 0. The van der Waals surface area contributed by atoms with E-state index in [0.29, 0.717) is 0 Å². The Labute approximate surface area is 463 Å². The molecule has 0 aliphatic rings. The van der Waals surface area contributed by atoms with Crippen molar-refractivity contribution in [1.29, 1.82) is 0 Å². The Morgan fingerprint density at radius 1 is 0.139 bits per heavy atom. The van der Waals surface area contributed by atoms with Crippen molar-refractivity contribution < 1.29 is 0 Å². The first-order valence-electron chi connectivity index (χ1n) is 27.0. The summed E-state index contributed by atoms with van der Waals surface area (Å²) in [6.07, 6.45) is 0. The molecular formula is C76H55N3. The smallest absolute Gasteiger partial charge is 0.0540 e. The van der Waals surface area contributed by atoms with Gasteiger partial charge in [-0.3, -0.25) is 0 Å². The molecule has 3 nitrogen and oxygen atoms in total. The summed E-state index contributed by atoms with van der Waals surface area (Å²) in [5.41, 5.74) is 21.7. The third-order valence-electron chi connectivity index (χ3n) is 14.9. The number of hydrogen-bond acceptors (Lipinski definition) is 3. The van der Waals surface area contributed by atoms with Gasteiger partial charge >= 0.3 is 0 Å². The van der Waals surface area contributed by atoms with Crippen LogP contribution in [-0.4, -0.2) is 0 Å². The van der Waals surface area contributed by atoms with Gasteiger partial charge in [-0.1, -0.05) is 231 Å². The van der Waals surface area contributed by atoms with Crippen molar-refractivity contribution in [2.45, 2.75) is 0 Å². The lowest BCUT2D eigenvalue weighted by atomic mass is 9.99. The Hall–Kier alpha value is -10.5. The zero-order chi connectivity index (χ0) is 52.7. The molecule has 13 rings (SSSR count). The van der Waals surface area contributed by atoms with Crippen LogP contribution in [-0.2, 0) is 0 Å². The second-order valence-corrected chi connectivity index (χ2v) is 19.8. The van der Waals surface area contributed by atoms with E-state index < -0.39 is 0 Å². The van der Waals surface area contributed by atoms with Crippen LogP contribution in [0.1, 0.15) is 0 Å². The summed E-state index contributed by atoms with van der Waals surface area (Å²) < 4.78 is 0. The van der Waals surface area contributed by atoms with Crippen LogP contribution >= 0.6 is 0 Å². The van der Waals surface area contributed by atoms with Gasteiger partial charge in [-0.05, 0) is 164 Å². The van der Waals surface area contributed by atoms with Crippen molar-refractivity contribution in [3.8, 4) is 55.6 Å². The van der Waals surface area contributed by atoms with Gasteiger partial charge in [-0.15, -0.1) is 0 Å². The molecule has 374 valence electrons. The Bertz CT molecular complexity index is 4000. The summed E-state index contributed by atoms with van der Waals surface area (Å²) in [5, 5.41) is 2.43. The minimum absolute atomic E-state index is 1.09. The first kappa shape index (κ1) is 48.2. The van der Waals surface area contributed by atoms with E-state index in [2.05, 4.69) is 348 Å². The van der Waals surface area contributed by atoms with Crippen LogP contribution in [0.4, 0.5) is 51.2 Å². The van der Waals surface area contributed by atoms with Crippen molar-refractivity contribution in [1.82, 2.24) is 0 Å². The van der Waals surface area contributed by atoms with Crippen LogP contribution in [0.5, 0.6) is 0 Å². The van der Waals surface area contributed by atoms with E-state index in [-0.39, 0.29) is 0 Å². The van der Waals surface area contributed by atoms with Crippen molar-refractivity contribution in [2.75, 3.05) is 14.7 Å². The molecule has 0 fully saturated rings. The van der Waals surface area contributed by atoms with Gasteiger partial charge in [0.05, 0.1) is 5.69 Å². The molecule has 0 spiro atoms. The van der Waals surface area contributed by atoms with Gasteiger partial charge in [0, 0.05) is 50.9 Å². The highest BCUT2D eigenvalue weighted by Crippen LogP contribution is 2.42. The monoisotopic (exact) mass is 1010 g/mol. The minimum atomic E-state index is 1.09. The number of fused-ring (bicyclic) bond motifs is 1. The highest BCUT2D eigenvalue weighted by molar-refractivity contribution is 5.99. The first-order valence-corrected chi connectivity index (χ1v) is 27.0. The van der Waals surface area contributed by atoms with E-state index >= 15 is 0 Å². The Kier molecular flexibility index (Phi) is 13.4. The first-order chi connectivity index (χ1) is 39.2. The summed E-state index contributed by atoms with van der Waals surface area (Å²) in [7, 11) is 0. The van der Waals surface area contributed by atoms with Crippen LogP contribution in [0.3, 0.4) is 0 Å². The van der Waals surface area contributed by atoms with Gasteiger partial charge in [0.1, 0.15) is 0 Å². The van der Waals surface area contributed by atoms with Crippen molar-refractivity contribution in [3.05, 3.63) is 334 Å². The number of rotatable bonds is 14. The topological polar surface area (TPSA) is 9.72 Å². The number of para-hydroxylation sites is 2. The van der Waals surface area contributed by atoms with Crippen LogP contribution in [0.25, 0.3) is 66.4 Å². The van der Waals surface area contributed by atoms with E-state index in [1.54, 1.807) is 0 Å². The average Bonchev–Trinajstić information content (AvgIpc) is 3.63. The normalized spacial score (nSPS) is 11.0. The third-order valence-corrected chi connectivity index (χ3v) is 14.9. The lowest BCUT2D eigenvalue weighted by molar-refractivity contribution is 1.28. The van der Waals surface area contributed by atoms with Gasteiger partial charge in [-0.25, -0.2) is 0 Å². The number of anilines is 9. The number of nitrogens with zero attached hydrogens (tertiary/aromatic N) is 3. The van der Waals surface area contributed by atoms with Crippen molar-refractivity contribution >= 4 is 62.0 Å². The maximum Gasteiger partial charge on any atom is 0.0540 e. The second-order valence-electron chi connectivity index (χ2n) is 19.8. The molecule has 13 aromatic carbocycles. The van der Waals surface area contributed by atoms with Crippen LogP contribution in [0.2, 0.25) is 0 Å². The molecule has 3 heteroatoms. The fourth-order valence-electron chi connectivity index (χ4n) is 10.8. The molecule has 0 atom stereocenters. The molecule has 0 aliphatic carbocycles. The van der Waals surface area contributed by atoms with E-state index in [0.717, 1.165) is 73.4 Å². The Morgan fingerprint density at radius 2 is 0.354 bits per heavy atom. The maximum absolute atomic E-state index is 2.35.